The van der Waals surface area contributed by atoms with Crippen molar-refractivity contribution in [2.75, 3.05) is 13.7 Å². The van der Waals surface area contributed by atoms with E-state index in [1.807, 2.05) is 18.2 Å². The van der Waals surface area contributed by atoms with Crippen LogP contribution in [0.15, 0.2) is 72.8 Å². The largest absolute Gasteiger partial charge is 0.497 e. The summed E-state index contributed by atoms with van der Waals surface area (Å²) in [6.45, 7) is 3.78. The van der Waals surface area contributed by atoms with E-state index in [4.69, 9.17) is 14.5 Å². The number of methoxy groups -OCH3 is 1. The van der Waals surface area contributed by atoms with Crippen LogP contribution in [0.3, 0.4) is 0 Å². The van der Waals surface area contributed by atoms with Gasteiger partial charge in [-0.2, -0.15) is 0 Å². The summed E-state index contributed by atoms with van der Waals surface area (Å²) >= 11 is 0. The van der Waals surface area contributed by atoms with Crippen molar-refractivity contribution < 1.29 is 9.47 Å². The van der Waals surface area contributed by atoms with Gasteiger partial charge in [-0.15, -0.1) is 0 Å². The molecule has 0 unspecified atom stereocenters. The quantitative estimate of drug-likeness (QED) is 0.317. The molecule has 0 aliphatic carbocycles. The second-order valence-corrected chi connectivity index (χ2v) is 7.36. The number of imidazole rings is 1. The smallest absolute Gasteiger partial charge is 0.141 e. The number of ether oxygens (including phenoxy) is 2. The Morgan fingerprint density at radius 2 is 1.57 bits per heavy atom. The number of fused-ring (bicyclic) bond motifs is 1. The monoisotopic (exact) mass is 400 g/mol. The van der Waals surface area contributed by atoms with Gasteiger partial charge in [0.2, 0.25) is 0 Å². The minimum atomic E-state index is 0.718. The van der Waals surface area contributed by atoms with Gasteiger partial charge in [-0.05, 0) is 73.4 Å². The van der Waals surface area contributed by atoms with E-state index in [1.165, 1.54) is 11.1 Å². The summed E-state index contributed by atoms with van der Waals surface area (Å²) in [6, 6.07) is 24.8. The van der Waals surface area contributed by atoms with Gasteiger partial charge in [0.1, 0.15) is 17.3 Å². The number of aromatic nitrogens is 2. The van der Waals surface area contributed by atoms with Crippen LogP contribution in [0.2, 0.25) is 0 Å². The molecule has 0 aliphatic rings. The zero-order chi connectivity index (χ0) is 20.8. The molecule has 3 aromatic carbocycles. The first-order valence-electron chi connectivity index (χ1n) is 10.6. The molecule has 1 heterocycles. The van der Waals surface area contributed by atoms with Crippen LogP contribution < -0.4 is 9.47 Å². The summed E-state index contributed by atoms with van der Waals surface area (Å²) in [5, 5.41) is 0. The number of para-hydroxylation sites is 2. The molecular formula is C26H28N2O2. The Morgan fingerprint density at radius 1 is 0.833 bits per heavy atom. The summed E-state index contributed by atoms with van der Waals surface area (Å²) in [5.74, 6) is 2.79. The highest BCUT2D eigenvalue weighted by molar-refractivity contribution is 5.80. The molecule has 154 valence electrons. The molecule has 4 rings (SSSR count). The molecule has 0 bridgehead atoms. The van der Waals surface area contributed by atoms with E-state index in [1.54, 1.807) is 7.11 Å². The van der Waals surface area contributed by atoms with Crippen molar-refractivity contribution in [1.82, 2.24) is 9.55 Å². The molecule has 0 amide bonds. The number of hydrogen-bond donors (Lipinski definition) is 0. The lowest BCUT2D eigenvalue weighted by atomic mass is 10.2. The molecule has 0 saturated carbocycles. The van der Waals surface area contributed by atoms with Gasteiger partial charge < -0.3 is 14.0 Å². The molecule has 1 aromatic heterocycles. The van der Waals surface area contributed by atoms with E-state index in [2.05, 4.69) is 66.1 Å². The number of rotatable bonds is 9. The maximum atomic E-state index is 5.91. The number of nitrogens with zero attached hydrogens (tertiary/aromatic N) is 2. The molecule has 0 radical (unpaired) electrons. The van der Waals surface area contributed by atoms with Gasteiger partial charge in [0.15, 0.2) is 0 Å². The molecule has 0 aliphatic heterocycles. The summed E-state index contributed by atoms with van der Waals surface area (Å²) < 4.78 is 13.5. The zero-order valence-electron chi connectivity index (χ0n) is 17.7. The van der Waals surface area contributed by atoms with Crippen LogP contribution in [0, 0.1) is 0 Å². The van der Waals surface area contributed by atoms with Gasteiger partial charge in [0.05, 0.1) is 24.8 Å². The summed E-state index contributed by atoms with van der Waals surface area (Å²) in [4.78, 5) is 4.89. The van der Waals surface area contributed by atoms with Gasteiger partial charge in [-0.25, -0.2) is 4.98 Å². The number of benzene rings is 3. The van der Waals surface area contributed by atoms with Crippen LogP contribution in [0.5, 0.6) is 11.5 Å². The fourth-order valence-corrected chi connectivity index (χ4v) is 3.65. The van der Waals surface area contributed by atoms with Gasteiger partial charge in [-0.3, -0.25) is 0 Å². The zero-order valence-corrected chi connectivity index (χ0v) is 17.7. The van der Waals surface area contributed by atoms with Crippen molar-refractivity contribution in [3.8, 4) is 22.9 Å². The van der Waals surface area contributed by atoms with Crippen LogP contribution >= 0.6 is 0 Å². The molecule has 0 spiro atoms. The number of unbranched alkanes of at least 4 members (excludes halogenated alkanes) is 1. The highest BCUT2D eigenvalue weighted by atomic mass is 16.5. The Morgan fingerprint density at radius 3 is 2.30 bits per heavy atom. The fraction of sp³-hybridized carbons (Fsp3) is 0.269. The normalized spacial score (nSPS) is 11.0. The topological polar surface area (TPSA) is 36.3 Å². The molecule has 30 heavy (non-hydrogen) atoms. The third kappa shape index (κ3) is 4.48. The lowest BCUT2D eigenvalue weighted by Gasteiger charge is -2.11. The Bertz CT molecular complexity index is 1080. The van der Waals surface area contributed by atoms with E-state index in [-0.39, 0.29) is 0 Å². The standard InChI is InChI=1S/C26H28N2O2/c1-3-20-10-14-23(15-11-20)30-19-7-6-18-28-25-9-5-4-8-24(25)27-26(28)21-12-16-22(29-2)17-13-21/h4-5,8-17H,3,6-7,18-19H2,1-2H3. The SMILES string of the molecule is CCc1ccc(OCCCCn2c(-c3ccc(OC)cc3)nc3ccccc32)cc1. The average molecular weight is 401 g/mol. The first-order chi connectivity index (χ1) is 14.8. The molecule has 4 nitrogen and oxygen atoms in total. The van der Waals surface area contributed by atoms with Gasteiger partial charge in [0, 0.05) is 12.1 Å². The minimum Gasteiger partial charge on any atom is -0.497 e. The van der Waals surface area contributed by atoms with E-state index in [0.29, 0.717) is 0 Å². The van der Waals surface area contributed by atoms with Crippen molar-refractivity contribution >= 4 is 11.0 Å². The molecule has 0 fully saturated rings. The van der Waals surface area contributed by atoms with E-state index < -0.39 is 0 Å². The molecule has 0 atom stereocenters. The summed E-state index contributed by atoms with van der Waals surface area (Å²) in [5.41, 5.74) is 4.62. The molecule has 4 heteroatoms. The summed E-state index contributed by atoms with van der Waals surface area (Å²) in [7, 11) is 1.69. The van der Waals surface area contributed by atoms with Gasteiger partial charge in [0.25, 0.3) is 0 Å². The Hall–Kier alpha value is -3.27. The van der Waals surface area contributed by atoms with Crippen molar-refractivity contribution in [1.29, 1.82) is 0 Å². The Balaban J connectivity index is 1.43. The van der Waals surface area contributed by atoms with Crippen LogP contribution in [-0.4, -0.2) is 23.3 Å². The van der Waals surface area contributed by atoms with Crippen LogP contribution in [0.25, 0.3) is 22.4 Å². The lowest BCUT2D eigenvalue weighted by molar-refractivity contribution is 0.303. The van der Waals surface area contributed by atoms with Gasteiger partial charge in [-0.1, -0.05) is 31.2 Å². The van der Waals surface area contributed by atoms with Crippen molar-refractivity contribution in [2.24, 2.45) is 0 Å². The second-order valence-electron chi connectivity index (χ2n) is 7.36. The highest BCUT2D eigenvalue weighted by Crippen LogP contribution is 2.27. The third-order valence-corrected chi connectivity index (χ3v) is 5.38. The first-order valence-corrected chi connectivity index (χ1v) is 10.6. The summed E-state index contributed by atoms with van der Waals surface area (Å²) in [6.07, 6.45) is 3.07. The fourth-order valence-electron chi connectivity index (χ4n) is 3.65. The van der Waals surface area contributed by atoms with Crippen LogP contribution in [-0.2, 0) is 13.0 Å². The van der Waals surface area contributed by atoms with Crippen LogP contribution in [0.4, 0.5) is 0 Å². The van der Waals surface area contributed by atoms with E-state index in [0.717, 1.165) is 60.8 Å². The number of aryl methyl sites for hydroxylation is 2. The third-order valence-electron chi connectivity index (χ3n) is 5.38. The Kier molecular flexibility index (Phi) is 6.33. The second kappa shape index (κ2) is 9.49. The highest BCUT2D eigenvalue weighted by Gasteiger charge is 2.12. The molecule has 0 N–H and O–H groups in total. The average Bonchev–Trinajstić information content (AvgIpc) is 3.18. The maximum Gasteiger partial charge on any atom is 0.141 e. The first kappa shape index (κ1) is 20.0. The minimum absolute atomic E-state index is 0.718. The molecule has 0 saturated heterocycles. The van der Waals surface area contributed by atoms with Crippen molar-refractivity contribution in [3.63, 3.8) is 0 Å². The van der Waals surface area contributed by atoms with Crippen molar-refractivity contribution in [2.45, 2.75) is 32.7 Å². The predicted octanol–water partition coefficient (Wildman–Crippen LogP) is 6.13. The lowest BCUT2D eigenvalue weighted by Crippen LogP contribution is -2.04. The Labute approximate surface area is 178 Å². The van der Waals surface area contributed by atoms with Crippen LogP contribution in [0.1, 0.15) is 25.3 Å². The predicted molar refractivity (Wildman–Crippen MR) is 122 cm³/mol. The van der Waals surface area contributed by atoms with Crippen molar-refractivity contribution in [3.05, 3.63) is 78.4 Å². The van der Waals surface area contributed by atoms with E-state index in [9.17, 15) is 0 Å². The number of hydrogen-bond acceptors (Lipinski definition) is 3. The van der Waals surface area contributed by atoms with E-state index >= 15 is 0 Å². The van der Waals surface area contributed by atoms with Gasteiger partial charge >= 0.3 is 0 Å². The maximum absolute atomic E-state index is 5.91. The molecule has 4 aromatic rings. The molecular weight excluding hydrogens is 372 g/mol.